The molecule has 1 aliphatic heterocycles. The highest BCUT2D eigenvalue weighted by Gasteiger charge is 2.46. The first-order chi connectivity index (χ1) is 6.63. The third kappa shape index (κ3) is 2.79. The Balaban J connectivity index is 2.88. The highest BCUT2D eigenvalue weighted by atomic mass is 19.3. The maximum absolute atomic E-state index is 13.2. The molecule has 0 aromatic carbocycles. The smallest absolute Gasteiger partial charge is 0.407 e. The quantitative estimate of drug-likeness (QED) is 0.683. The van der Waals surface area contributed by atoms with E-state index < -0.39 is 23.5 Å². The van der Waals surface area contributed by atoms with Crippen molar-refractivity contribution in [2.24, 2.45) is 5.41 Å². The van der Waals surface area contributed by atoms with Crippen molar-refractivity contribution in [3.8, 4) is 0 Å². The summed E-state index contributed by atoms with van der Waals surface area (Å²) in [4.78, 5) is 12.0. The normalized spacial score (nSPS) is 26.5. The number of rotatable bonds is 0. The largest absolute Gasteiger partial charge is 0.465 e. The summed E-state index contributed by atoms with van der Waals surface area (Å²) in [6.07, 6.45) is -1.85. The summed E-state index contributed by atoms with van der Waals surface area (Å²) in [5, 5.41) is 8.92. The van der Waals surface area contributed by atoms with Gasteiger partial charge in [-0.25, -0.2) is 13.6 Å². The number of carboxylic acid groups (broad SMARTS) is 1. The molecular weight excluding hydrogens is 204 g/mol. The molecule has 0 bridgehead atoms. The van der Waals surface area contributed by atoms with Crippen LogP contribution in [0.5, 0.6) is 0 Å². The van der Waals surface area contributed by atoms with E-state index in [2.05, 4.69) is 0 Å². The molecule has 1 atom stereocenters. The molecule has 0 spiro atoms. The van der Waals surface area contributed by atoms with Crippen LogP contribution in [0, 0.1) is 5.41 Å². The highest BCUT2D eigenvalue weighted by molar-refractivity contribution is 5.65. The van der Waals surface area contributed by atoms with Gasteiger partial charge in [-0.05, 0) is 5.41 Å². The molecule has 0 saturated carbocycles. The van der Waals surface area contributed by atoms with Crippen molar-refractivity contribution in [1.29, 1.82) is 0 Å². The number of piperidine rings is 1. The van der Waals surface area contributed by atoms with Crippen molar-refractivity contribution in [3.05, 3.63) is 0 Å². The molecule has 15 heavy (non-hydrogen) atoms. The molecule has 3 nitrogen and oxygen atoms in total. The fourth-order valence-corrected chi connectivity index (χ4v) is 1.94. The van der Waals surface area contributed by atoms with Gasteiger partial charge < -0.3 is 10.0 Å². The Morgan fingerprint density at radius 1 is 1.47 bits per heavy atom. The molecule has 88 valence electrons. The summed E-state index contributed by atoms with van der Waals surface area (Å²) in [5.41, 5.74) is -0.456. The van der Waals surface area contributed by atoms with Gasteiger partial charge in [0.25, 0.3) is 5.92 Å². The molecule has 1 heterocycles. The van der Waals surface area contributed by atoms with Gasteiger partial charge in [0.2, 0.25) is 0 Å². The Morgan fingerprint density at radius 3 is 2.40 bits per heavy atom. The lowest BCUT2D eigenvalue weighted by molar-refractivity contribution is -0.0913. The maximum Gasteiger partial charge on any atom is 0.407 e. The predicted octanol–water partition coefficient (Wildman–Crippen LogP) is 2.81. The summed E-state index contributed by atoms with van der Waals surface area (Å²) in [7, 11) is 0. The van der Waals surface area contributed by atoms with Crippen LogP contribution >= 0.6 is 0 Å². The van der Waals surface area contributed by atoms with E-state index in [9.17, 15) is 13.6 Å². The van der Waals surface area contributed by atoms with E-state index in [0.29, 0.717) is 0 Å². The number of halogens is 2. The monoisotopic (exact) mass is 221 g/mol. The minimum absolute atomic E-state index is 0.0791. The summed E-state index contributed by atoms with van der Waals surface area (Å²) in [6.45, 7) is 5.28. The lowest BCUT2D eigenvalue weighted by Crippen LogP contribution is -2.54. The molecule has 1 rings (SSSR count). The topological polar surface area (TPSA) is 40.5 Å². The van der Waals surface area contributed by atoms with E-state index in [4.69, 9.17) is 5.11 Å². The Labute approximate surface area is 88.1 Å². The van der Waals surface area contributed by atoms with Crippen LogP contribution in [0.1, 0.15) is 33.6 Å². The molecule has 0 radical (unpaired) electrons. The van der Waals surface area contributed by atoms with Gasteiger partial charge in [0.15, 0.2) is 0 Å². The second-order valence-electron chi connectivity index (χ2n) is 5.17. The summed E-state index contributed by atoms with van der Waals surface area (Å²) < 4.78 is 26.4. The van der Waals surface area contributed by atoms with Crippen LogP contribution in [0.25, 0.3) is 0 Å². The predicted molar refractivity (Wildman–Crippen MR) is 52.2 cm³/mol. The van der Waals surface area contributed by atoms with Crippen LogP contribution in [0.2, 0.25) is 0 Å². The lowest BCUT2D eigenvalue weighted by Gasteiger charge is -2.44. The van der Waals surface area contributed by atoms with E-state index in [0.717, 1.165) is 4.90 Å². The first-order valence-electron chi connectivity index (χ1n) is 5.01. The molecular formula is C10H17F2NO2. The van der Waals surface area contributed by atoms with E-state index >= 15 is 0 Å². The van der Waals surface area contributed by atoms with Gasteiger partial charge in [-0.3, -0.25) is 0 Å². The standard InChI is InChI=1S/C10H17F2NO2/c1-9(2,3)7-6-10(11,12)4-5-13(7)8(14)15/h7H,4-6H2,1-3H3,(H,14,15). The van der Waals surface area contributed by atoms with Gasteiger partial charge in [0.05, 0.1) is 0 Å². The number of nitrogens with zero attached hydrogens (tertiary/aromatic N) is 1. The molecule has 1 fully saturated rings. The molecule has 0 aromatic heterocycles. The van der Waals surface area contributed by atoms with Crippen molar-refractivity contribution >= 4 is 6.09 Å². The third-order valence-electron chi connectivity index (χ3n) is 2.83. The zero-order valence-electron chi connectivity index (χ0n) is 9.26. The van der Waals surface area contributed by atoms with Crippen molar-refractivity contribution in [1.82, 2.24) is 4.90 Å². The SMILES string of the molecule is CC(C)(C)C1CC(F)(F)CCN1C(=O)O. The fraction of sp³-hybridized carbons (Fsp3) is 0.900. The first-order valence-corrected chi connectivity index (χ1v) is 5.01. The Bertz CT molecular complexity index is 261. The summed E-state index contributed by atoms with van der Waals surface area (Å²) in [6, 6.07) is -0.612. The Morgan fingerprint density at radius 2 is 2.00 bits per heavy atom. The number of hydrogen-bond donors (Lipinski definition) is 1. The molecule has 1 N–H and O–H groups in total. The van der Waals surface area contributed by atoms with Gasteiger partial charge in [-0.1, -0.05) is 20.8 Å². The van der Waals surface area contributed by atoms with Gasteiger partial charge >= 0.3 is 6.09 Å². The number of carbonyl (C=O) groups is 1. The Kier molecular flexibility index (Phi) is 2.94. The summed E-state index contributed by atoms with van der Waals surface area (Å²) >= 11 is 0. The average molecular weight is 221 g/mol. The highest BCUT2D eigenvalue weighted by Crippen LogP contribution is 2.39. The molecule has 1 unspecified atom stereocenters. The molecule has 5 heteroatoms. The minimum atomic E-state index is -2.73. The lowest BCUT2D eigenvalue weighted by atomic mass is 9.79. The van der Waals surface area contributed by atoms with Crippen LogP contribution in [-0.2, 0) is 0 Å². The zero-order chi connectivity index (χ0) is 11.9. The van der Waals surface area contributed by atoms with Crippen molar-refractivity contribution in [3.63, 3.8) is 0 Å². The number of amides is 1. The van der Waals surface area contributed by atoms with Crippen molar-refractivity contribution < 1.29 is 18.7 Å². The van der Waals surface area contributed by atoms with Crippen molar-refractivity contribution in [2.75, 3.05) is 6.54 Å². The van der Waals surface area contributed by atoms with Crippen LogP contribution in [0.4, 0.5) is 13.6 Å². The summed E-state index contributed by atoms with van der Waals surface area (Å²) in [5.74, 6) is -2.73. The minimum Gasteiger partial charge on any atom is -0.465 e. The number of hydrogen-bond acceptors (Lipinski definition) is 1. The third-order valence-corrected chi connectivity index (χ3v) is 2.83. The Hall–Kier alpha value is -0.870. The van der Waals surface area contributed by atoms with E-state index in [1.54, 1.807) is 20.8 Å². The number of alkyl halides is 2. The maximum atomic E-state index is 13.2. The second kappa shape index (κ2) is 3.61. The van der Waals surface area contributed by atoms with Gasteiger partial charge in [0, 0.05) is 25.4 Å². The van der Waals surface area contributed by atoms with Crippen LogP contribution in [-0.4, -0.2) is 34.6 Å². The van der Waals surface area contributed by atoms with Crippen LogP contribution < -0.4 is 0 Å². The molecule has 0 aromatic rings. The molecule has 1 saturated heterocycles. The average Bonchev–Trinajstić information content (AvgIpc) is 2.00. The van der Waals surface area contributed by atoms with E-state index in [1.807, 2.05) is 0 Å². The van der Waals surface area contributed by atoms with Gasteiger partial charge in [-0.15, -0.1) is 0 Å². The van der Waals surface area contributed by atoms with Crippen molar-refractivity contribution in [2.45, 2.75) is 45.6 Å². The molecule has 1 amide bonds. The number of likely N-dealkylation sites (tertiary alicyclic amines) is 1. The van der Waals surface area contributed by atoms with Crippen LogP contribution in [0.15, 0.2) is 0 Å². The second-order valence-corrected chi connectivity index (χ2v) is 5.17. The molecule has 1 aliphatic rings. The van der Waals surface area contributed by atoms with Gasteiger partial charge in [-0.2, -0.15) is 0 Å². The zero-order valence-corrected chi connectivity index (χ0v) is 9.26. The van der Waals surface area contributed by atoms with E-state index in [-0.39, 0.29) is 19.4 Å². The van der Waals surface area contributed by atoms with Gasteiger partial charge in [0.1, 0.15) is 0 Å². The molecule has 0 aliphatic carbocycles. The first kappa shape index (κ1) is 12.2. The fourth-order valence-electron chi connectivity index (χ4n) is 1.94. The van der Waals surface area contributed by atoms with E-state index in [1.165, 1.54) is 0 Å². The van der Waals surface area contributed by atoms with Crippen LogP contribution in [0.3, 0.4) is 0 Å².